The summed E-state index contributed by atoms with van der Waals surface area (Å²) in [5.74, 6) is 0.886. The van der Waals surface area contributed by atoms with E-state index in [1.165, 1.54) is 6.08 Å². The van der Waals surface area contributed by atoms with Crippen LogP contribution in [0.15, 0.2) is 79.5 Å². The number of nitrogens with zero attached hydrogens (tertiary/aromatic N) is 3. The second kappa shape index (κ2) is 10.6. The van der Waals surface area contributed by atoms with Crippen LogP contribution >= 0.6 is 0 Å². The molecule has 0 unspecified atom stereocenters. The minimum Gasteiger partial charge on any atom is -0.494 e. The summed E-state index contributed by atoms with van der Waals surface area (Å²) in [6, 6.07) is 19.5. The smallest absolute Gasteiger partial charge is 0.247 e. The molecule has 9 nitrogen and oxygen atoms in total. The molecule has 192 valence electrons. The van der Waals surface area contributed by atoms with Gasteiger partial charge in [0, 0.05) is 54.6 Å². The molecule has 4 aromatic rings. The Bertz CT molecular complexity index is 1530. The molecule has 38 heavy (non-hydrogen) atoms. The molecule has 1 aliphatic rings. The average molecular weight is 509 g/mol. The Hall–Kier alpha value is -4.92. The number of carbonyl (C=O) groups excluding carboxylic acids is 2. The van der Waals surface area contributed by atoms with Gasteiger partial charge in [-0.2, -0.15) is 0 Å². The van der Waals surface area contributed by atoms with E-state index < -0.39 is 0 Å². The Morgan fingerprint density at radius 1 is 1.08 bits per heavy atom. The predicted molar refractivity (Wildman–Crippen MR) is 150 cm³/mol. The van der Waals surface area contributed by atoms with Crippen LogP contribution in [0.1, 0.15) is 6.92 Å². The van der Waals surface area contributed by atoms with E-state index >= 15 is 0 Å². The van der Waals surface area contributed by atoms with Crippen molar-refractivity contribution in [2.45, 2.75) is 13.0 Å². The van der Waals surface area contributed by atoms with E-state index in [0.717, 1.165) is 33.4 Å². The van der Waals surface area contributed by atoms with Crippen molar-refractivity contribution in [1.29, 1.82) is 0 Å². The van der Waals surface area contributed by atoms with Crippen LogP contribution in [0.25, 0.3) is 22.0 Å². The number of carbonyl (C=O) groups is 2. The third-order valence-electron chi connectivity index (χ3n) is 6.38. The lowest BCUT2D eigenvalue weighted by Gasteiger charge is -2.39. The molecule has 1 saturated heterocycles. The maximum Gasteiger partial charge on any atom is 0.247 e. The van der Waals surface area contributed by atoms with Crippen molar-refractivity contribution in [1.82, 2.24) is 14.9 Å². The van der Waals surface area contributed by atoms with Gasteiger partial charge in [-0.05, 0) is 35.9 Å². The summed E-state index contributed by atoms with van der Waals surface area (Å²) in [5, 5.41) is 10.4. The van der Waals surface area contributed by atoms with E-state index in [4.69, 9.17) is 9.72 Å². The first kappa shape index (κ1) is 24.8. The maximum atomic E-state index is 11.8. The Kier molecular flexibility index (Phi) is 6.90. The number of ether oxygens (including phenoxy) is 1. The van der Waals surface area contributed by atoms with Gasteiger partial charge in [0.25, 0.3) is 0 Å². The molecule has 0 saturated carbocycles. The van der Waals surface area contributed by atoms with Gasteiger partial charge in [-0.25, -0.2) is 9.97 Å². The highest BCUT2D eigenvalue weighted by Gasteiger charge is 2.28. The zero-order valence-electron chi connectivity index (χ0n) is 21.2. The normalized spacial score (nSPS) is 12.9. The van der Waals surface area contributed by atoms with E-state index in [0.29, 0.717) is 30.5 Å². The first-order valence-electron chi connectivity index (χ1n) is 12.2. The van der Waals surface area contributed by atoms with Gasteiger partial charge in [0.1, 0.15) is 5.75 Å². The van der Waals surface area contributed by atoms with Crippen LogP contribution in [0.2, 0.25) is 0 Å². The van der Waals surface area contributed by atoms with Crippen molar-refractivity contribution in [2.75, 3.05) is 36.1 Å². The van der Waals surface area contributed by atoms with E-state index in [2.05, 4.69) is 27.5 Å². The highest BCUT2D eigenvalue weighted by Crippen LogP contribution is 2.33. The van der Waals surface area contributed by atoms with Crippen LogP contribution in [-0.4, -0.2) is 52.9 Å². The average Bonchev–Trinajstić information content (AvgIpc) is 2.90. The molecular formula is C29H28N6O3. The number of hydrogen-bond acceptors (Lipinski definition) is 7. The molecule has 2 heterocycles. The highest BCUT2D eigenvalue weighted by atomic mass is 16.5. The van der Waals surface area contributed by atoms with Crippen molar-refractivity contribution in [3.05, 3.63) is 79.5 Å². The van der Waals surface area contributed by atoms with Gasteiger partial charge >= 0.3 is 0 Å². The molecule has 0 bridgehead atoms. The number of likely N-dealkylation sites (tertiary alicyclic amines) is 1. The number of hydrogen-bond donors (Lipinski definition) is 3. The monoisotopic (exact) mass is 508 g/mol. The SMILES string of the molecule is C=CC(=O)Nc1cccc(-c2cccc3cnc(Nc4ccc(NC5CN(C(C)=O)C5)cc4OC)nc23)c1. The summed E-state index contributed by atoms with van der Waals surface area (Å²) in [4.78, 5) is 34.3. The number of fused-ring (bicyclic) bond motifs is 1. The summed E-state index contributed by atoms with van der Waals surface area (Å²) in [6.45, 7) is 6.47. The lowest BCUT2D eigenvalue weighted by molar-refractivity contribution is -0.132. The summed E-state index contributed by atoms with van der Waals surface area (Å²) in [5.41, 5.74) is 4.90. The number of aromatic nitrogens is 2. The molecule has 5 rings (SSSR count). The number of benzene rings is 3. The minimum atomic E-state index is -0.269. The quantitative estimate of drug-likeness (QED) is 0.293. The van der Waals surface area contributed by atoms with Gasteiger partial charge in [-0.1, -0.05) is 36.9 Å². The zero-order valence-corrected chi connectivity index (χ0v) is 21.2. The Labute approximate surface area is 220 Å². The third-order valence-corrected chi connectivity index (χ3v) is 6.38. The molecule has 0 atom stereocenters. The van der Waals surface area contributed by atoms with Gasteiger partial charge in [-0.3, -0.25) is 9.59 Å². The van der Waals surface area contributed by atoms with E-state index in [1.54, 1.807) is 25.1 Å². The summed E-state index contributed by atoms with van der Waals surface area (Å²) in [7, 11) is 1.61. The van der Waals surface area contributed by atoms with Gasteiger partial charge in [0.2, 0.25) is 17.8 Å². The lowest BCUT2D eigenvalue weighted by Crippen LogP contribution is -2.56. The fraction of sp³-hybridized carbons (Fsp3) is 0.172. The van der Waals surface area contributed by atoms with Gasteiger partial charge in [0.15, 0.2) is 0 Å². The van der Waals surface area contributed by atoms with Crippen molar-refractivity contribution >= 4 is 45.7 Å². The van der Waals surface area contributed by atoms with E-state index in [-0.39, 0.29) is 17.9 Å². The van der Waals surface area contributed by atoms with E-state index in [9.17, 15) is 9.59 Å². The summed E-state index contributed by atoms with van der Waals surface area (Å²) >= 11 is 0. The molecule has 1 fully saturated rings. The molecule has 0 spiro atoms. The van der Waals surface area contributed by atoms with Gasteiger partial charge < -0.3 is 25.6 Å². The second-order valence-electron chi connectivity index (χ2n) is 9.02. The summed E-state index contributed by atoms with van der Waals surface area (Å²) < 4.78 is 5.62. The van der Waals surface area contributed by atoms with Gasteiger partial charge in [-0.15, -0.1) is 0 Å². The topological polar surface area (TPSA) is 108 Å². The van der Waals surface area contributed by atoms with Crippen LogP contribution in [0.5, 0.6) is 5.75 Å². The van der Waals surface area contributed by atoms with Crippen molar-refractivity contribution in [3.8, 4) is 16.9 Å². The number of methoxy groups -OCH3 is 1. The molecule has 2 amide bonds. The largest absolute Gasteiger partial charge is 0.494 e. The zero-order chi connectivity index (χ0) is 26.6. The Balaban J connectivity index is 1.39. The van der Waals surface area contributed by atoms with Crippen molar-refractivity contribution in [2.24, 2.45) is 0 Å². The fourth-order valence-electron chi connectivity index (χ4n) is 4.37. The molecule has 1 aromatic heterocycles. The molecule has 0 radical (unpaired) electrons. The van der Waals surface area contributed by atoms with Crippen LogP contribution in [-0.2, 0) is 9.59 Å². The number of rotatable bonds is 8. The van der Waals surface area contributed by atoms with Gasteiger partial charge in [0.05, 0.1) is 24.4 Å². The summed E-state index contributed by atoms with van der Waals surface area (Å²) in [6.07, 6.45) is 3.01. The van der Waals surface area contributed by atoms with Crippen LogP contribution in [0.4, 0.5) is 23.0 Å². The van der Waals surface area contributed by atoms with Crippen LogP contribution in [0, 0.1) is 0 Å². The molecule has 0 aliphatic carbocycles. The Morgan fingerprint density at radius 2 is 1.89 bits per heavy atom. The first-order valence-corrected chi connectivity index (χ1v) is 12.2. The highest BCUT2D eigenvalue weighted by molar-refractivity contribution is 6.00. The third kappa shape index (κ3) is 5.27. The van der Waals surface area contributed by atoms with Crippen molar-refractivity contribution < 1.29 is 14.3 Å². The number of amides is 2. The second-order valence-corrected chi connectivity index (χ2v) is 9.02. The van der Waals surface area contributed by atoms with Crippen LogP contribution < -0.4 is 20.7 Å². The maximum absolute atomic E-state index is 11.8. The molecule has 9 heteroatoms. The molecule has 1 aliphatic heterocycles. The fourth-order valence-corrected chi connectivity index (χ4v) is 4.37. The Morgan fingerprint density at radius 3 is 2.66 bits per heavy atom. The number of nitrogens with one attached hydrogen (secondary N) is 3. The molecular weight excluding hydrogens is 480 g/mol. The minimum absolute atomic E-state index is 0.0888. The van der Waals surface area contributed by atoms with Crippen molar-refractivity contribution in [3.63, 3.8) is 0 Å². The predicted octanol–water partition coefficient (Wildman–Crippen LogP) is 4.82. The molecule has 3 N–H and O–H groups in total. The van der Waals surface area contributed by atoms with E-state index in [1.807, 2.05) is 60.7 Å². The molecule has 3 aromatic carbocycles. The standard InChI is InChI=1S/C29H28N6O3/c1-4-27(37)32-21-9-5-7-19(13-21)24-10-6-8-20-15-30-29(34-28(20)24)33-25-12-11-22(14-26(25)38-3)31-23-16-35(17-23)18(2)36/h4-15,23,31H,1,16-17H2,2-3H3,(H,32,37)(H,30,33,34). The lowest BCUT2D eigenvalue weighted by atomic mass is 10.0. The number of anilines is 4. The number of para-hydroxylation sites is 1. The first-order chi connectivity index (χ1) is 18.4. The van der Waals surface area contributed by atoms with Crippen LogP contribution in [0.3, 0.4) is 0 Å².